The van der Waals surface area contributed by atoms with Crippen molar-refractivity contribution in [2.45, 2.75) is 31.0 Å². The van der Waals surface area contributed by atoms with Gasteiger partial charge in [-0.1, -0.05) is 26.0 Å². The van der Waals surface area contributed by atoms with E-state index in [9.17, 15) is 22.0 Å². The van der Waals surface area contributed by atoms with Crippen LogP contribution in [0.4, 0.5) is 14.7 Å². The summed E-state index contributed by atoms with van der Waals surface area (Å²) in [7, 11) is -4.71. The first-order valence-electron chi connectivity index (χ1n) is 9.89. The molecule has 31 heavy (non-hydrogen) atoms. The smallest absolute Gasteiger partial charge is 0.309 e. The van der Waals surface area contributed by atoms with Crippen molar-refractivity contribution in [2.75, 3.05) is 25.0 Å². The van der Waals surface area contributed by atoms with E-state index in [-0.39, 0.29) is 5.56 Å². The van der Waals surface area contributed by atoms with Crippen LogP contribution in [0, 0.1) is 0 Å². The lowest BCUT2D eigenvalue weighted by atomic mass is 10.2. The number of carbonyl (C=O) groups is 1. The molecule has 0 aliphatic carbocycles. The zero-order valence-corrected chi connectivity index (χ0v) is 18.1. The van der Waals surface area contributed by atoms with Crippen molar-refractivity contribution in [2.24, 2.45) is 0 Å². The molecule has 0 saturated heterocycles. The quantitative estimate of drug-likeness (QED) is 0.538. The van der Waals surface area contributed by atoms with Gasteiger partial charge in [-0.05, 0) is 49.5 Å². The van der Waals surface area contributed by atoms with Crippen LogP contribution in [-0.2, 0) is 16.4 Å². The second kappa shape index (κ2) is 9.52. The first kappa shape index (κ1) is 22.8. The number of hydrogen-bond donors (Lipinski definition) is 1. The largest absolute Gasteiger partial charge is 0.341 e. The maximum Gasteiger partial charge on any atom is 0.341 e. The second-order valence-corrected chi connectivity index (χ2v) is 8.80. The number of aromatic nitrogens is 2. The van der Waals surface area contributed by atoms with E-state index in [0.717, 1.165) is 42.8 Å². The predicted octanol–water partition coefficient (Wildman–Crippen LogP) is 3.63. The Labute approximate surface area is 179 Å². The number of sulfone groups is 1. The molecule has 0 fully saturated rings. The molecular formula is C21H24F2N4O3S. The fourth-order valence-electron chi connectivity index (χ4n) is 3.25. The number of fused-ring (bicyclic) bond motifs is 1. The van der Waals surface area contributed by atoms with E-state index < -0.39 is 26.4 Å². The summed E-state index contributed by atoms with van der Waals surface area (Å²) in [5, 5.41) is 2.75. The molecule has 0 atom stereocenters. The van der Waals surface area contributed by atoms with Crippen molar-refractivity contribution in [1.82, 2.24) is 14.5 Å². The molecule has 1 heterocycles. The Morgan fingerprint density at radius 1 is 1.10 bits per heavy atom. The van der Waals surface area contributed by atoms with Crippen molar-refractivity contribution in [1.29, 1.82) is 0 Å². The van der Waals surface area contributed by atoms with Gasteiger partial charge in [0.2, 0.25) is 15.8 Å². The van der Waals surface area contributed by atoms with E-state index >= 15 is 0 Å². The van der Waals surface area contributed by atoms with Crippen molar-refractivity contribution < 1.29 is 22.0 Å². The molecule has 7 nitrogen and oxygen atoms in total. The Kier molecular flexibility index (Phi) is 7.01. The van der Waals surface area contributed by atoms with Crippen molar-refractivity contribution in [3.63, 3.8) is 0 Å². The number of imidazole rings is 1. The van der Waals surface area contributed by atoms with E-state index in [2.05, 4.69) is 29.0 Å². The lowest BCUT2D eigenvalue weighted by Gasteiger charge is -2.19. The van der Waals surface area contributed by atoms with Crippen molar-refractivity contribution in [3.8, 4) is 0 Å². The molecule has 1 aromatic heterocycles. The molecule has 0 unspecified atom stereocenters. The topological polar surface area (TPSA) is 84.3 Å². The lowest BCUT2D eigenvalue weighted by Crippen LogP contribution is -2.27. The summed E-state index contributed by atoms with van der Waals surface area (Å²) in [4.78, 5) is 18.9. The van der Waals surface area contributed by atoms with Gasteiger partial charge >= 0.3 is 5.76 Å². The van der Waals surface area contributed by atoms with Crippen LogP contribution in [0.1, 0.15) is 24.2 Å². The zero-order chi connectivity index (χ0) is 22.6. The molecule has 2 aromatic carbocycles. The third-order valence-corrected chi connectivity index (χ3v) is 6.49. The van der Waals surface area contributed by atoms with Crippen LogP contribution in [-0.4, -0.2) is 54.2 Å². The highest BCUT2D eigenvalue weighted by molar-refractivity contribution is 7.91. The number of halogens is 2. The highest BCUT2D eigenvalue weighted by Crippen LogP contribution is 2.22. The predicted molar refractivity (Wildman–Crippen MR) is 115 cm³/mol. The van der Waals surface area contributed by atoms with Crippen LogP contribution in [0.25, 0.3) is 11.0 Å². The molecule has 3 aromatic rings. The number of nitrogens with zero attached hydrogens (tertiary/aromatic N) is 3. The van der Waals surface area contributed by atoms with Gasteiger partial charge in [-0.25, -0.2) is 13.4 Å². The first-order valence-corrected chi connectivity index (χ1v) is 11.4. The number of amides is 1. The maximum absolute atomic E-state index is 12.7. The van der Waals surface area contributed by atoms with Gasteiger partial charge in [0.05, 0.1) is 15.9 Å². The summed E-state index contributed by atoms with van der Waals surface area (Å²) in [6.45, 7) is 7.35. The second-order valence-electron chi connectivity index (χ2n) is 6.89. The van der Waals surface area contributed by atoms with Gasteiger partial charge in [0.15, 0.2) is 0 Å². The Balaban J connectivity index is 1.85. The molecule has 0 aliphatic rings. The minimum atomic E-state index is -4.71. The molecule has 166 valence electrons. The number of alkyl halides is 2. The summed E-state index contributed by atoms with van der Waals surface area (Å²) in [6, 6.07) is 11.9. The Morgan fingerprint density at radius 3 is 2.35 bits per heavy atom. The van der Waals surface area contributed by atoms with Crippen LogP contribution in [0.2, 0.25) is 0 Å². The average Bonchev–Trinajstić information content (AvgIpc) is 3.11. The highest BCUT2D eigenvalue weighted by Gasteiger charge is 2.26. The molecule has 3 rings (SSSR count). The molecule has 0 aliphatic heterocycles. The van der Waals surface area contributed by atoms with Gasteiger partial charge in [0.25, 0.3) is 5.91 Å². The third kappa shape index (κ3) is 4.91. The van der Waals surface area contributed by atoms with Crippen LogP contribution in [0.5, 0.6) is 0 Å². The van der Waals surface area contributed by atoms with Gasteiger partial charge < -0.3 is 9.47 Å². The number of rotatable bonds is 9. The normalized spacial score (nSPS) is 12.1. The lowest BCUT2D eigenvalue weighted by molar-refractivity contribution is 0.102. The average molecular weight is 451 g/mol. The van der Waals surface area contributed by atoms with E-state index in [1.54, 1.807) is 0 Å². The number of hydrogen-bond acceptors (Lipinski definition) is 5. The monoisotopic (exact) mass is 450 g/mol. The Bertz CT molecular complexity index is 1160. The van der Waals surface area contributed by atoms with Gasteiger partial charge in [-0.3, -0.25) is 10.1 Å². The van der Waals surface area contributed by atoms with E-state index in [1.165, 1.54) is 12.1 Å². The summed E-state index contributed by atoms with van der Waals surface area (Å²) >= 11 is 0. The Morgan fingerprint density at radius 2 is 1.74 bits per heavy atom. The zero-order valence-electron chi connectivity index (χ0n) is 17.3. The van der Waals surface area contributed by atoms with Gasteiger partial charge in [-0.2, -0.15) is 8.78 Å². The summed E-state index contributed by atoms with van der Waals surface area (Å²) in [5.41, 5.74) is 1.75. The highest BCUT2D eigenvalue weighted by atomic mass is 32.2. The van der Waals surface area contributed by atoms with E-state index in [0.29, 0.717) is 12.5 Å². The van der Waals surface area contributed by atoms with Crippen LogP contribution in [0.15, 0.2) is 53.4 Å². The van der Waals surface area contributed by atoms with Crippen molar-refractivity contribution in [3.05, 3.63) is 54.1 Å². The molecule has 0 bridgehead atoms. The number of nitrogens with one attached hydrogen (secondary N) is 1. The SMILES string of the molecule is CCN(CC)CCn1c(NC(=O)c2ccc(S(=O)(=O)C(F)F)cc2)nc2ccccc21. The maximum atomic E-state index is 12.7. The van der Waals surface area contributed by atoms with Crippen LogP contribution in [0.3, 0.4) is 0 Å². The number of para-hydroxylation sites is 2. The van der Waals surface area contributed by atoms with Gasteiger partial charge in [-0.15, -0.1) is 0 Å². The molecule has 1 N–H and O–H groups in total. The molecule has 0 radical (unpaired) electrons. The van der Waals surface area contributed by atoms with E-state index in [1.807, 2.05) is 28.8 Å². The van der Waals surface area contributed by atoms with Gasteiger partial charge in [0, 0.05) is 18.7 Å². The molecule has 0 spiro atoms. The summed E-state index contributed by atoms with van der Waals surface area (Å²) in [6.07, 6.45) is 0. The first-order chi connectivity index (χ1) is 14.8. The molecule has 10 heteroatoms. The Hall–Kier alpha value is -2.85. The molecule has 0 saturated carbocycles. The third-order valence-electron chi connectivity index (χ3n) is 5.09. The summed E-state index contributed by atoms with van der Waals surface area (Å²) in [5.74, 6) is -3.67. The fraction of sp³-hybridized carbons (Fsp3) is 0.333. The standard InChI is InChI=1S/C21H24F2N4O3S/c1-3-26(4-2)13-14-27-18-8-6-5-7-17(18)24-21(27)25-19(28)15-9-11-16(12-10-15)31(29,30)20(22)23/h5-12,20H,3-4,13-14H2,1-2H3,(H,24,25,28). The minimum absolute atomic E-state index is 0.135. The van der Waals surface area contributed by atoms with E-state index in [4.69, 9.17) is 0 Å². The number of benzene rings is 2. The van der Waals surface area contributed by atoms with Crippen LogP contribution < -0.4 is 5.32 Å². The number of carbonyl (C=O) groups excluding carboxylic acids is 1. The van der Waals surface area contributed by atoms with Crippen LogP contribution >= 0.6 is 0 Å². The summed E-state index contributed by atoms with van der Waals surface area (Å²) < 4.78 is 50.4. The number of likely N-dealkylation sites (N-methyl/N-ethyl adjacent to an activating group) is 1. The number of anilines is 1. The molecule has 1 amide bonds. The van der Waals surface area contributed by atoms with Crippen molar-refractivity contribution >= 4 is 32.7 Å². The molecular weight excluding hydrogens is 426 g/mol. The fourth-order valence-corrected chi connectivity index (χ4v) is 3.97. The minimum Gasteiger partial charge on any atom is -0.309 e. The van der Waals surface area contributed by atoms with Gasteiger partial charge in [0.1, 0.15) is 0 Å².